The average Bonchev–Trinajstić information content (AvgIpc) is 3.03. The van der Waals surface area contributed by atoms with Crippen molar-refractivity contribution in [3.8, 4) is 11.8 Å². The van der Waals surface area contributed by atoms with E-state index in [1.54, 1.807) is 5.57 Å². The summed E-state index contributed by atoms with van der Waals surface area (Å²) in [6, 6.07) is 9.15. The number of fused-ring (bicyclic) bond motifs is 4. The van der Waals surface area contributed by atoms with Gasteiger partial charge in [0.05, 0.1) is 21.1 Å². The van der Waals surface area contributed by atoms with Gasteiger partial charge in [-0.3, -0.25) is 9.28 Å². The summed E-state index contributed by atoms with van der Waals surface area (Å²) in [7, 11) is 6.59. The molecule has 0 bridgehead atoms. The Kier molecular flexibility index (Phi) is 6.43. The van der Waals surface area contributed by atoms with E-state index in [1.807, 2.05) is 13.0 Å². The zero-order chi connectivity index (χ0) is 23.6. The number of benzene rings is 1. The second-order valence-corrected chi connectivity index (χ2v) is 11.9. The van der Waals surface area contributed by atoms with Gasteiger partial charge in [0, 0.05) is 17.8 Å². The third kappa shape index (κ3) is 3.79. The summed E-state index contributed by atoms with van der Waals surface area (Å²) in [5.74, 6) is 7.78. The van der Waals surface area contributed by atoms with E-state index in [0.717, 1.165) is 43.0 Å². The van der Waals surface area contributed by atoms with E-state index in [4.69, 9.17) is 0 Å². The molecule has 0 saturated heterocycles. The van der Waals surface area contributed by atoms with E-state index in [1.165, 1.54) is 22.4 Å². The molecule has 4 aliphatic carbocycles. The van der Waals surface area contributed by atoms with E-state index < -0.39 is 5.60 Å². The Balaban J connectivity index is 0.00000274. The highest BCUT2D eigenvalue weighted by atomic mass is 35.5. The predicted molar refractivity (Wildman–Crippen MR) is 135 cm³/mol. The molecule has 182 valence electrons. The molecule has 0 heterocycles. The highest BCUT2D eigenvalue weighted by molar-refractivity contribution is 5.93. The number of hydrogen-bond acceptors (Lipinski definition) is 2. The van der Waals surface area contributed by atoms with Crippen LogP contribution in [-0.2, 0) is 4.79 Å². The molecule has 1 aromatic carbocycles. The van der Waals surface area contributed by atoms with Crippen molar-refractivity contribution in [2.75, 3.05) is 21.1 Å². The maximum Gasteiger partial charge on any atom is 0.156 e. The third-order valence-electron chi connectivity index (χ3n) is 9.29. The van der Waals surface area contributed by atoms with Crippen molar-refractivity contribution >= 4 is 11.5 Å². The van der Waals surface area contributed by atoms with Crippen LogP contribution in [0, 0.1) is 29.1 Å². The molecule has 1 aromatic rings. The number of halogens is 1. The van der Waals surface area contributed by atoms with Crippen molar-refractivity contribution in [3.63, 3.8) is 0 Å². The zero-order valence-corrected chi connectivity index (χ0v) is 22.0. The van der Waals surface area contributed by atoms with Gasteiger partial charge in [-0.15, -0.1) is 5.92 Å². The minimum Gasteiger partial charge on any atom is -1.00 e. The van der Waals surface area contributed by atoms with Gasteiger partial charge in [0.1, 0.15) is 11.3 Å². The van der Waals surface area contributed by atoms with Crippen LogP contribution >= 0.6 is 0 Å². The van der Waals surface area contributed by atoms with Crippen LogP contribution < -0.4 is 16.9 Å². The smallest absolute Gasteiger partial charge is 0.156 e. The molecule has 0 aliphatic heterocycles. The first-order valence-corrected chi connectivity index (χ1v) is 12.6. The van der Waals surface area contributed by atoms with E-state index in [0.29, 0.717) is 18.3 Å². The largest absolute Gasteiger partial charge is 1.00 e. The number of nitrogens with zero attached hydrogens (tertiary/aromatic N) is 1. The maximum atomic E-state index is 12.2. The number of hydrogen-bond donors (Lipinski definition) is 1. The summed E-state index contributed by atoms with van der Waals surface area (Å²) in [5.41, 5.74) is 5.82. The molecule has 4 heteroatoms. The minimum atomic E-state index is -0.915. The first-order chi connectivity index (χ1) is 15.6. The molecule has 3 nitrogen and oxygen atoms in total. The lowest BCUT2D eigenvalue weighted by molar-refractivity contribution is -0.114. The molecule has 0 aromatic heterocycles. The molecule has 5 atom stereocenters. The number of quaternary nitrogens is 1. The Morgan fingerprint density at radius 3 is 2.41 bits per heavy atom. The van der Waals surface area contributed by atoms with Gasteiger partial charge in [-0.05, 0) is 92.2 Å². The van der Waals surface area contributed by atoms with Crippen molar-refractivity contribution in [2.45, 2.75) is 70.3 Å². The molecular weight excluding hydrogens is 442 g/mol. The Hall–Kier alpha value is -1.86. The number of aliphatic hydroxyl groups is 1. The van der Waals surface area contributed by atoms with Gasteiger partial charge < -0.3 is 17.5 Å². The lowest BCUT2D eigenvalue weighted by Crippen LogP contribution is -3.00. The zero-order valence-electron chi connectivity index (χ0n) is 21.2. The molecule has 0 radical (unpaired) electrons. The van der Waals surface area contributed by atoms with Crippen molar-refractivity contribution in [3.05, 3.63) is 52.6 Å². The lowest BCUT2D eigenvalue weighted by Gasteiger charge is -2.53. The predicted octanol–water partition coefficient (Wildman–Crippen LogP) is 2.54. The van der Waals surface area contributed by atoms with Gasteiger partial charge in [0.15, 0.2) is 5.78 Å². The minimum absolute atomic E-state index is 0. The van der Waals surface area contributed by atoms with Crippen LogP contribution in [0.4, 0.5) is 5.69 Å². The number of carbonyl (C=O) groups excluding carboxylic acids is 1. The molecule has 1 N–H and O–H groups in total. The normalized spacial score (nSPS) is 34.7. The van der Waals surface area contributed by atoms with Gasteiger partial charge in [-0.1, -0.05) is 30.6 Å². The van der Waals surface area contributed by atoms with Crippen LogP contribution in [0.5, 0.6) is 0 Å². The lowest BCUT2D eigenvalue weighted by atomic mass is 9.51. The van der Waals surface area contributed by atoms with Gasteiger partial charge in [-0.25, -0.2) is 0 Å². The highest BCUT2D eigenvalue weighted by Gasteiger charge is 2.62. The van der Waals surface area contributed by atoms with Crippen LogP contribution in [0.15, 0.2) is 47.1 Å². The quantitative estimate of drug-likeness (QED) is 0.523. The summed E-state index contributed by atoms with van der Waals surface area (Å²) in [5, 5.41) is 11.8. The summed E-state index contributed by atoms with van der Waals surface area (Å²) in [6.07, 6.45) is 8.25. The van der Waals surface area contributed by atoms with Gasteiger partial charge in [0.25, 0.3) is 0 Å². The second kappa shape index (κ2) is 8.66. The summed E-state index contributed by atoms with van der Waals surface area (Å²) in [4.78, 5) is 12.2. The van der Waals surface area contributed by atoms with Crippen molar-refractivity contribution in [1.82, 2.24) is 4.48 Å². The molecule has 4 aliphatic rings. The average molecular weight is 480 g/mol. The fourth-order valence-corrected chi connectivity index (χ4v) is 7.53. The topological polar surface area (TPSA) is 37.3 Å². The van der Waals surface area contributed by atoms with E-state index >= 15 is 0 Å². The number of rotatable bonds is 2. The maximum absolute atomic E-state index is 12.2. The molecule has 0 spiro atoms. The van der Waals surface area contributed by atoms with Crippen LogP contribution in [-0.4, -0.2) is 37.6 Å². The number of carbonyl (C=O) groups is 1. The van der Waals surface area contributed by atoms with Gasteiger partial charge >= 0.3 is 0 Å². The molecular formula is C30H38ClNO2. The second-order valence-electron chi connectivity index (χ2n) is 11.9. The van der Waals surface area contributed by atoms with Crippen LogP contribution in [0.1, 0.15) is 70.3 Å². The molecule has 34 heavy (non-hydrogen) atoms. The fraction of sp³-hybridized carbons (Fsp3) is 0.567. The molecule has 5 rings (SSSR count). The first kappa shape index (κ1) is 25.2. The Bertz CT molecular complexity index is 1110. The van der Waals surface area contributed by atoms with Crippen LogP contribution in [0.2, 0.25) is 0 Å². The summed E-state index contributed by atoms with van der Waals surface area (Å²) >= 11 is 0. The fourth-order valence-electron chi connectivity index (χ4n) is 7.53. The van der Waals surface area contributed by atoms with Crippen LogP contribution in [0.3, 0.4) is 0 Å². The van der Waals surface area contributed by atoms with Gasteiger partial charge in [0.2, 0.25) is 0 Å². The Morgan fingerprint density at radius 2 is 1.76 bits per heavy atom. The molecule has 0 amide bonds. The molecule has 2 fully saturated rings. The van der Waals surface area contributed by atoms with E-state index in [-0.39, 0.29) is 29.5 Å². The number of ketones is 1. The Labute approximate surface area is 211 Å². The van der Waals surface area contributed by atoms with E-state index in [9.17, 15) is 9.90 Å². The monoisotopic (exact) mass is 479 g/mol. The van der Waals surface area contributed by atoms with Crippen molar-refractivity contribution in [1.29, 1.82) is 0 Å². The Morgan fingerprint density at radius 1 is 1.06 bits per heavy atom. The van der Waals surface area contributed by atoms with E-state index in [2.05, 4.69) is 64.2 Å². The first-order valence-electron chi connectivity index (χ1n) is 12.6. The van der Waals surface area contributed by atoms with Gasteiger partial charge in [-0.2, -0.15) is 0 Å². The van der Waals surface area contributed by atoms with Crippen LogP contribution in [0.25, 0.3) is 0 Å². The standard InChI is InChI=1S/C30H38NO2.ClH/c1-6-16-30(33)17-15-27-25-13-9-21-18-23(32)12-14-24(21)28(25)26(19-29(27,30)2)20-7-10-22(11-8-20)31(3,4)5;/h7-8,10-11,18,25-27,33H,9,12-15,17,19H2,1-5H3;1H/q+1;/p-1/t25-,26+,27-,29-,30-;/m0./s1. The highest BCUT2D eigenvalue weighted by Crippen LogP contribution is 2.66. The SMILES string of the molecule is CC#C[C@]1(O)CC[C@H]2[C@@H]3CCC4=CC(=O)CCC4=C3[C@@H](c3ccc([N+](C)(C)C)cc3)C[C@@]21C.[Cl-]. The molecule has 0 unspecified atom stereocenters. The molecule has 2 saturated carbocycles. The third-order valence-corrected chi connectivity index (χ3v) is 9.29. The van der Waals surface area contributed by atoms with Crippen molar-refractivity contribution < 1.29 is 22.3 Å². The summed E-state index contributed by atoms with van der Waals surface area (Å²) in [6.45, 7) is 4.15. The number of allylic oxidation sites excluding steroid dienone is 4. The summed E-state index contributed by atoms with van der Waals surface area (Å²) < 4.78 is 0.794. The van der Waals surface area contributed by atoms with Crippen molar-refractivity contribution in [2.24, 2.45) is 17.3 Å².